The van der Waals surface area contributed by atoms with Crippen LogP contribution in [0.25, 0.3) is 0 Å². The number of phosphoric acid groups is 2. The van der Waals surface area contributed by atoms with Crippen LogP contribution in [-0.4, -0.2) is 96.7 Å². The number of esters is 4. The van der Waals surface area contributed by atoms with Crippen molar-refractivity contribution >= 4 is 39.5 Å². The summed E-state index contributed by atoms with van der Waals surface area (Å²) in [5.74, 6) is 0.255. The van der Waals surface area contributed by atoms with E-state index in [9.17, 15) is 43.2 Å². The van der Waals surface area contributed by atoms with Crippen LogP contribution < -0.4 is 0 Å². The number of rotatable bonds is 81. The van der Waals surface area contributed by atoms with Crippen LogP contribution >= 0.6 is 15.6 Å². The Morgan fingerprint density at radius 3 is 0.856 bits per heavy atom. The maximum atomic E-state index is 13.1. The fourth-order valence-corrected chi connectivity index (χ4v) is 14.2. The molecule has 0 rings (SSSR count). The molecule has 0 fully saturated rings. The Morgan fingerprint density at radius 2 is 0.567 bits per heavy atom. The molecule has 7 atom stereocenters. The van der Waals surface area contributed by atoms with E-state index < -0.39 is 97.5 Å². The Hall–Kier alpha value is -2.46. The number of hydrogen-bond donors (Lipinski definition) is 3. The van der Waals surface area contributed by atoms with Crippen molar-refractivity contribution < 1.29 is 80.2 Å². The minimum atomic E-state index is -4.97. The van der Waals surface area contributed by atoms with E-state index in [1.165, 1.54) is 212 Å². The van der Waals surface area contributed by atoms with Gasteiger partial charge in [-0.25, -0.2) is 9.13 Å². The van der Waals surface area contributed by atoms with Crippen molar-refractivity contribution in [3.8, 4) is 0 Å². The summed E-state index contributed by atoms with van der Waals surface area (Å²) in [6, 6.07) is 0. The zero-order valence-corrected chi connectivity index (χ0v) is 69.8. The van der Waals surface area contributed by atoms with Crippen LogP contribution in [0.3, 0.4) is 0 Å². The fourth-order valence-electron chi connectivity index (χ4n) is 12.6. The van der Waals surface area contributed by atoms with E-state index >= 15 is 0 Å². The van der Waals surface area contributed by atoms with E-state index in [4.69, 9.17) is 37.0 Å². The van der Waals surface area contributed by atoms with Crippen molar-refractivity contribution in [2.45, 2.75) is 439 Å². The predicted molar refractivity (Wildman–Crippen MR) is 427 cm³/mol. The second-order valence-corrected chi connectivity index (χ2v) is 33.8. The van der Waals surface area contributed by atoms with Crippen molar-refractivity contribution in [2.24, 2.45) is 17.8 Å². The summed E-state index contributed by atoms with van der Waals surface area (Å²) in [7, 11) is -9.94. The molecule has 4 unspecified atom stereocenters. The number of allylic oxidation sites excluding steroid dienone is 4. The quantitative estimate of drug-likeness (QED) is 0.0169. The minimum Gasteiger partial charge on any atom is -0.462 e. The zero-order chi connectivity index (χ0) is 76.5. The summed E-state index contributed by atoms with van der Waals surface area (Å²) in [6.45, 7) is 11.9. The summed E-state index contributed by atoms with van der Waals surface area (Å²) in [4.78, 5) is 73.1. The number of carbonyl (C=O) groups excluding carboxylic acids is 4. The van der Waals surface area contributed by atoms with E-state index in [2.05, 4.69) is 72.8 Å². The highest BCUT2D eigenvalue weighted by Gasteiger charge is 2.30. The molecule has 0 aliphatic rings. The molecule has 0 saturated carbocycles. The first-order valence-corrected chi connectivity index (χ1v) is 46.2. The van der Waals surface area contributed by atoms with E-state index in [1.807, 2.05) is 0 Å². The van der Waals surface area contributed by atoms with Gasteiger partial charge in [-0.1, -0.05) is 368 Å². The first-order valence-electron chi connectivity index (χ1n) is 43.2. The van der Waals surface area contributed by atoms with Gasteiger partial charge in [-0.3, -0.25) is 37.3 Å². The molecule has 0 amide bonds. The van der Waals surface area contributed by atoms with Gasteiger partial charge >= 0.3 is 39.5 Å². The monoisotopic (exact) mass is 1520 g/mol. The summed E-state index contributed by atoms with van der Waals surface area (Å²) in [5, 5.41) is 10.7. The van der Waals surface area contributed by atoms with E-state index in [1.54, 1.807) is 0 Å². The number of phosphoric ester groups is 2. The van der Waals surface area contributed by atoms with Crippen LogP contribution in [0.5, 0.6) is 0 Å². The highest BCUT2D eigenvalue weighted by molar-refractivity contribution is 7.47. The Morgan fingerprint density at radius 1 is 0.317 bits per heavy atom. The van der Waals surface area contributed by atoms with E-state index in [0.29, 0.717) is 31.6 Å². The van der Waals surface area contributed by atoms with E-state index in [-0.39, 0.29) is 25.7 Å². The fraction of sp³-hybridized carbons (Fsp3) is 0.906. The van der Waals surface area contributed by atoms with Crippen molar-refractivity contribution in [1.29, 1.82) is 0 Å². The van der Waals surface area contributed by atoms with Gasteiger partial charge in [0, 0.05) is 25.7 Å². The lowest BCUT2D eigenvalue weighted by Gasteiger charge is -2.21. The van der Waals surface area contributed by atoms with Crippen molar-refractivity contribution in [2.75, 3.05) is 39.6 Å². The molecule has 17 nitrogen and oxygen atoms in total. The normalized spacial score (nSPS) is 14.6. The smallest absolute Gasteiger partial charge is 0.462 e. The summed E-state index contributed by atoms with van der Waals surface area (Å²) >= 11 is 0. The predicted octanol–water partition coefficient (Wildman–Crippen LogP) is 25.3. The standard InChI is InChI=1S/C85H162O17P2/c1-8-11-12-13-14-15-16-17-22-30-35-40-45-54-61-68-84(89)101-80(72-95-82(87)66-59-52-44-39-34-29-24-21-19-18-20-23-27-32-37-42-50-57-64-77(6)9-2)74-99-103(91,92)97-70-79(86)71-98-104(93,94)100-75-81(73-96-83(88)67-60-53-48-47-49-56-63-76(4)5)102-85(90)69-62-55-46-41-36-31-26-25-28-33-38-43-51-58-65-78(7)10-3/h15-17,22,76-81,86H,8-14,18-21,23-75H2,1-7H3,(H,91,92)(H,93,94)/b16-15-,22-17-/t77?,78?,79-,80-,81-/m1/s1. The molecular weight excluding hydrogens is 1350 g/mol. The second-order valence-electron chi connectivity index (χ2n) is 30.8. The number of carbonyl (C=O) groups is 4. The molecule has 3 N–H and O–H groups in total. The molecule has 0 radical (unpaired) electrons. The van der Waals surface area contributed by atoms with Gasteiger partial charge in [-0.15, -0.1) is 0 Å². The molecule has 104 heavy (non-hydrogen) atoms. The number of unbranched alkanes of at least 4 members (excludes halogenated alkanes) is 44. The molecule has 0 aliphatic carbocycles. The first-order chi connectivity index (χ1) is 50.3. The van der Waals surface area contributed by atoms with Gasteiger partial charge in [0.1, 0.15) is 19.3 Å². The number of ether oxygens (including phenoxy) is 4. The Bertz CT molecular complexity index is 2110. The SMILES string of the molecule is CCCCCC/C=C\C=C/CCCCCCCC(=O)O[C@H](COC(=O)CCCCCCCCCCCCCCCCCCCCC(C)CC)COP(=O)(O)OC[C@@H](O)COP(=O)(O)OC[C@@H](COC(=O)CCCCCCCCC(C)C)OC(=O)CCCCCCCCCCCCCCCCC(C)CC. The molecule has 19 heteroatoms. The Labute approximate surface area is 637 Å². The molecule has 0 aromatic carbocycles. The average Bonchev–Trinajstić information content (AvgIpc) is 0.907. The van der Waals surface area contributed by atoms with Crippen LogP contribution in [0.2, 0.25) is 0 Å². The van der Waals surface area contributed by atoms with Crippen LogP contribution in [0.15, 0.2) is 24.3 Å². The van der Waals surface area contributed by atoms with Gasteiger partial charge in [0.15, 0.2) is 12.2 Å². The molecule has 0 saturated heterocycles. The Balaban J connectivity index is 5.21. The van der Waals surface area contributed by atoms with Gasteiger partial charge in [0.05, 0.1) is 26.4 Å². The maximum absolute atomic E-state index is 13.1. The van der Waals surface area contributed by atoms with Gasteiger partial charge in [-0.05, 0) is 69.1 Å². The number of hydrogen-bond acceptors (Lipinski definition) is 15. The third-order valence-corrected chi connectivity index (χ3v) is 21.9. The van der Waals surface area contributed by atoms with Crippen molar-refractivity contribution in [1.82, 2.24) is 0 Å². The molecular formula is C85H162O17P2. The number of aliphatic hydroxyl groups is 1. The first kappa shape index (κ1) is 102. The van der Waals surface area contributed by atoms with Crippen LogP contribution in [0, 0.1) is 17.8 Å². The van der Waals surface area contributed by atoms with Crippen LogP contribution in [0.1, 0.15) is 421 Å². The molecule has 614 valence electrons. The minimum absolute atomic E-state index is 0.0853. The second kappa shape index (κ2) is 74.6. The van der Waals surface area contributed by atoms with Gasteiger partial charge in [0.25, 0.3) is 0 Å². The van der Waals surface area contributed by atoms with Gasteiger partial charge in [-0.2, -0.15) is 0 Å². The summed E-state index contributed by atoms with van der Waals surface area (Å²) in [6.07, 6.45) is 67.6. The van der Waals surface area contributed by atoms with Crippen LogP contribution in [-0.2, 0) is 65.4 Å². The lowest BCUT2D eigenvalue weighted by molar-refractivity contribution is -0.161. The molecule has 0 aromatic heterocycles. The molecule has 0 bridgehead atoms. The lowest BCUT2D eigenvalue weighted by atomic mass is 9.99. The number of aliphatic hydroxyl groups excluding tert-OH is 1. The highest BCUT2D eigenvalue weighted by atomic mass is 31.2. The third-order valence-electron chi connectivity index (χ3n) is 20.0. The molecule has 0 heterocycles. The van der Waals surface area contributed by atoms with Gasteiger partial charge < -0.3 is 33.8 Å². The zero-order valence-electron chi connectivity index (χ0n) is 68.0. The topological polar surface area (TPSA) is 237 Å². The van der Waals surface area contributed by atoms with Crippen molar-refractivity contribution in [3.05, 3.63) is 24.3 Å². The van der Waals surface area contributed by atoms with Crippen LogP contribution in [0.4, 0.5) is 0 Å². The third kappa shape index (κ3) is 75.0. The molecule has 0 spiro atoms. The van der Waals surface area contributed by atoms with Crippen molar-refractivity contribution in [3.63, 3.8) is 0 Å². The van der Waals surface area contributed by atoms with E-state index in [0.717, 1.165) is 121 Å². The largest absolute Gasteiger partial charge is 0.472 e. The lowest BCUT2D eigenvalue weighted by Crippen LogP contribution is -2.30. The molecule has 0 aliphatic heterocycles. The Kier molecular flexibility index (Phi) is 72.9. The van der Waals surface area contributed by atoms with Gasteiger partial charge in [0.2, 0.25) is 0 Å². The highest BCUT2D eigenvalue weighted by Crippen LogP contribution is 2.45. The summed E-state index contributed by atoms with van der Waals surface area (Å²) < 4.78 is 68.7. The maximum Gasteiger partial charge on any atom is 0.472 e. The average molecular weight is 1520 g/mol. The molecule has 0 aromatic rings. The summed E-state index contributed by atoms with van der Waals surface area (Å²) in [5.41, 5.74) is 0.